The molecule has 0 unspecified atom stereocenters. The number of nitrogens with two attached hydrogens (primary N) is 1. The zero-order valence-electron chi connectivity index (χ0n) is 8.56. The monoisotopic (exact) mass is 210 g/mol. The Balaban J connectivity index is 2.33. The van der Waals surface area contributed by atoms with Crippen LogP contribution in [0.5, 0.6) is 5.88 Å². The van der Waals surface area contributed by atoms with Crippen LogP contribution in [-0.2, 0) is 4.79 Å². The largest absolute Gasteiger partial charge is 0.481 e. The smallest absolute Gasteiger partial charge is 0.225 e. The Labute approximate surface area is 87.9 Å². The summed E-state index contributed by atoms with van der Waals surface area (Å²) >= 11 is 0. The summed E-state index contributed by atoms with van der Waals surface area (Å²) in [5.41, 5.74) is 5.00. The van der Waals surface area contributed by atoms with Crippen LogP contribution in [0, 0.1) is 0 Å². The molecule has 1 aromatic rings. The van der Waals surface area contributed by atoms with E-state index in [2.05, 4.69) is 15.3 Å². The lowest BCUT2D eigenvalue weighted by molar-refractivity contribution is -0.118. The molecule has 82 valence electrons. The van der Waals surface area contributed by atoms with Crippen LogP contribution < -0.4 is 15.8 Å². The van der Waals surface area contributed by atoms with Gasteiger partial charge in [-0.25, -0.2) is 4.98 Å². The van der Waals surface area contributed by atoms with E-state index in [0.29, 0.717) is 31.2 Å². The van der Waals surface area contributed by atoms with Gasteiger partial charge in [0.1, 0.15) is 0 Å². The Morgan fingerprint density at radius 1 is 1.67 bits per heavy atom. The molecule has 0 aliphatic heterocycles. The predicted molar refractivity (Wildman–Crippen MR) is 55.5 cm³/mol. The Morgan fingerprint density at radius 3 is 3.13 bits per heavy atom. The molecule has 0 spiro atoms. The number of hydrogen-bond donors (Lipinski definition) is 2. The normalized spacial score (nSPS) is 9.67. The number of nitrogens with zero attached hydrogens (tertiary/aromatic N) is 2. The fraction of sp³-hybridized carbons (Fsp3) is 0.444. The standard InChI is InChI=1S/C9H14N4O2/c1-15-8-4-6-12-9(13-8)11-5-2-3-7(10)14/h4,6H,2-3,5H2,1H3,(H2,10,14)(H,11,12,13). The molecule has 0 bridgehead atoms. The second-order valence-corrected chi connectivity index (χ2v) is 2.92. The highest BCUT2D eigenvalue weighted by Gasteiger charge is 1.98. The molecule has 0 saturated heterocycles. The lowest BCUT2D eigenvalue weighted by atomic mass is 10.3. The molecule has 0 radical (unpaired) electrons. The summed E-state index contributed by atoms with van der Waals surface area (Å²) in [5, 5.41) is 2.96. The van der Waals surface area contributed by atoms with Crippen molar-refractivity contribution in [2.45, 2.75) is 12.8 Å². The van der Waals surface area contributed by atoms with E-state index in [1.807, 2.05) is 0 Å². The number of carbonyl (C=O) groups excluding carboxylic acids is 1. The molecule has 0 fully saturated rings. The average molecular weight is 210 g/mol. The zero-order chi connectivity index (χ0) is 11.1. The van der Waals surface area contributed by atoms with Crippen LogP contribution in [0.25, 0.3) is 0 Å². The molecule has 1 amide bonds. The molecule has 15 heavy (non-hydrogen) atoms. The number of methoxy groups -OCH3 is 1. The van der Waals surface area contributed by atoms with E-state index in [1.54, 1.807) is 19.4 Å². The van der Waals surface area contributed by atoms with Crippen molar-refractivity contribution < 1.29 is 9.53 Å². The minimum absolute atomic E-state index is 0.302. The molecule has 6 heteroatoms. The number of amides is 1. The molecule has 6 nitrogen and oxygen atoms in total. The van der Waals surface area contributed by atoms with Crippen molar-refractivity contribution in [2.24, 2.45) is 5.73 Å². The molecule has 1 aromatic heterocycles. The quantitative estimate of drug-likeness (QED) is 0.653. The van der Waals surface area contributed by atoms with Crippen LogP contribution in [-0.4, -0.2) is 29.5 Å². The second kappa shape index (κ2) is 5.79. The second-order valence-electron chi connectivity index (χ2n) is 2.92. The topological polar surface area (TPSA) is 90.1 Å². The van der Waals surface area contributed by atoms with Crippen molar-refractivity contribution in [1.29, 1.82) is 0 Å². The SMILES string of the molecule is COc1ccnc(NCCCC(N)=O)n1. The third-order valence-electron chi connectivity index (χ3n) is 1.72. The minimum Gasteiger partial charge on any atom is -0.481 e. The summed E-state index contributed by atoms with van der Waals surface area (Å²) in [4.78, 5) is 18.5. The van der Waals surface area contributed by atoms with Gasteiger partial charge in [0.25, 0.3) is 0 Å². The van der Waals surface area contributed by atoms with Crippen molar-refractivity contribution in [3.05, 3.63) is 12.3 Å². The molecule has 0 atom stereocenters. The van der Waals surface area contributed by atoms with E-state index in [0.717, 1.165) is 0 Å². The van der Waals surface area contributed by atoms with E-state index in [4.69, 9.17) is 10.5 Å². The minimum atomic E-state index is -0.302. The first-order valence-electron chi connectivity index (χ1n) is 4.61. The summed E-state index contributed by atoms with van der Waals surface area (Å²) in [7, 11) is 1.54. The van der Waals surface area contributed by atoms with Crippen molar-refractivity contribution in [2.75, 3.05) is 19.0 Å². The van der Waals surface area contributed by atoms with E-state index in [1.165, 1.54) is 0 Å². The predicted octanol–water partition coefficient (Wildman–Crippen LogP) is 0.163. The number of carbonyl (C=O) groups is 1. The molecule has 0 saturated carbocycles. The third kappa shape index (κ3) is 4.26. The van der Waals surface area contributed by atoms with E-state index in [-0.39, 0.29) is 5.91 Å². The van der Waals surface area contributed by atoms with Crippen molar-refractivity contribution in [3.8, 4) is 5.88 Å². The molecule has 0 aliphatic rings. The maximum Gasteiger partial charge on any atom is 0.225 e. The number of rotatable bonds is 6. The highest BCUT2D eigenvalue weighted by Crippen LogP contribution is 2.06. The molecule has 0 aliphatic carbocycles. The average Bonchev–Trinajstić information content (AvgIpc) is 2.24. The van der Waals surface area contributed by atoms with E-state index >= 15 is 0 Å². The van der Waals surface area contributed by atoms with Crippen LogP contribution in [0.1, 0.15) is 12.8 Å². The van der Waals surface area contributed by atoms with Crippen LogP contribution in [0.15, 0.2) is 12.3 Å². The number of anilines is 1. The number of ether oxygens (including phenoxy) is 1. The Kier molecular flexibility index (Phi) is 4.33. The van der Waals surface area contributed by atoms with Gasteiger partial charge >= 0.3 is 0 Å². The number of hydrogen-bond acceptors (Lipinski definition) is 5. The number of nitrogens with one attached hydrogen (secondary N) is 1. The zero-order valence-corrected chi connectivity index (χ0v) is 8.56. The molecule has 1 heterocycles. The molecule has 0 aromatic carbocycles. The van der Waals surface area contributed by atoms with Gasteiger partial charge in [0.15, 0.2) is 0 Å². The third-order valence-corrected chi connectivity index (χ3v) is 1.72. The van der Waals surface area contributed by atoms with E-state index < -0.39 is 0 Å². The van der Waals surface area contributed by atoms with Gasteiger partial charge in [-0.05, 0) is 6.42 Å². The van der Waals surface area contributed by atoms with Crippen LogP contribution >= 0.6 is 0 Å². The summed E-state index contributed by atoms with van der Waals surface area (Å²) in [6.45, 7) is 0.607. The summed E-state index contributed by atoms with van der Waals surface area (Å²) in [6.07, 6.45) is 2.62. The maximum absolute atomic E-state index is 10.5. The van der Waals surface area contributed by atoms with Gasteiger partial charge in [-0.2, -0.15) is 4.98 Å². The fourth-order valence-electron chi connectivity index (χ4n) is 1.00. The maximum atomic E-state index is 10.5. The van der Waals surface area contributed by atoms with Gasteiger partial charge in [0.05, 0.1) is 7.11 Å². The summed E-state index contributed by atoms with van der Waals surface area (Å²) in [5.74, 6) is 0.685. The van der Waals surface area contributed by atoms with Crippen molar-refractivity contribution in [3.63, 3.8) is 0 Å². The van der Waals surface area contributed by atoms with Crippen LogP contribution in [0.2, 0.25) is 0 Å². The Hall–Kier alpha value is -1.85. The fourth-order valence-corrected chi connectivity index (χ4v) is 1.00. The van der Waals surface area contributed by atoms with Gasteiger partial charge in [-0.1, -0.05) is 0 Å². The first-order valence-corrected chi connectivity index (χ1v) is 4.61. The number of primary amides is 1. The summed E-state index contributed by atoms with van der Waals surface area (Å²) in [6, 6.07) is 1.66. The molecular weight excluding hydrogens is 196 g/mol. The highest BCUT2D eigenvalue weighted by molar-refractivity contribution is 5.73. The van der Waals surface area contributed by atoms with Gasteiger partial charge in [0, 0.05) is 25.2 Å². The van der Waals surface area contributed by atoms with Gasteiger partial charge < -0.3 is 15.8 Å². The summed E-state index contributed by atoms with van der Waals surface area (Å²) < 4.78 is 4.93. The molecule has 3 N–H and O–H groups in total. The lowest BCUT2D eigenvalue weighted by Crippen LogP contribution is -2.13. The Morgan fingerprint density at radius 2 is 2.47 bits per heavy atom. The van der Waals surface area contributed by atoms with Crippen LogP contribution in [0.4, 0.5) is 5.95 Å². The molecular formula is C9H14N4O2. The van der Waals surface area contributed by atoms with Gasteiger partial charge in [-0.3, -0.25) is 4.79 Å². The number of aromatic nitrogens is 2. The molecule has 1 rings (SSSR count). The first-order chi connectivity index (χ1) is 7.22. The van der Waals surface area contributed by atoms with Crippen molar-refractivity contribution >= 4 is 11.9 Å². The van der Waals surface area contributed by atoms with Gasteiger partial charge in [0.2, 0.25) is 17.7 Å². The lowest BCUT2D eigenvalue weighted by Gasteiger charge is -2.04. The van der Waals surface area contributed by atoms with Gasteiger partial charge in [-0.15, -0.1) is 0 Å². The first kappa shape index (κ1) is 11.2. The Bertz CT molecular complexity index is 330. The van der Waals surface area contributed by atoms with Crippen molar-refractivity contribution in [1.82, 2.24) is 9.97 Å². The van der Waals surface area contributed by atoms with Crippen LogP contribution in [0.3, 0.4) is 0 Å². The highest BCUT2D eigenvalue weighted by atomic mass is 16.5. The van der Waals surface area contributed by atoms with E-state index in [9.17, 15) is 4.79 Å².